The first kappa shape index (κ1) is 14.5. The van der Waals surface area contributed by atoms with E-state index in [1.54, 1.807) is 0 Å². The van der Waals surface area contributed by atoms with Crippen molar-refractivity contribution in [3.63, 3.8) is 0 Å². The lowest BCUT2D eigenvalue weighted by Gasteiger charge is -2.18. The van der Waals surface area contributed by atoms with E-state index in [4.69, 9.17) is 9.52 Å². The number of aliphatic carboxylic acids is 1. The van der Waals surface area contributed by atoms with E-state index in [1.807, 2.05) is 0 Å². The molecule has 1 heterocycles. The topological polar surface area (TPSA) is 117 Å². The van der Waals surface area contributed by atoms with Gasteiger partial charge >= 0.3 is 5.97 Å². The number of nitrogens with one attached hydrogen (secondary N) is 1. The Morgan fingerprint density at radius 2 is 2.10 bits per heavy atom. The molecule has 0 aliphatic heterocycles. The highest BCUT2D eigenvalue weighted by Crippen LogP contribution is 2.28. The molecule has 2 rings (SSSR count). The zero-order valence-electron chi connectivity index (χ0n) is 10.7. The van der Waals surface area contributed by atoms with Crippen LogP contribution in [-0.4, -0.2) is 49.9 Å². The highest BCUT2D eigenvalue weighted by atomic mass is 32.2. The van der Waals surface area contributed by atoms with E-state index < -0.39 is 28.4 Å². The summed E-state index contributed by atoms with van der Waals surface area (Å²) < 4.78 is 30.1. The van der Waals surface area contributed by atoms with E-state index in [-0.39, 0.29) is 16.9 Å². The maximum Gasteiger partial charge on any atom is 0.323 e. The Morgan fingerprint density at radius 3 is 2.60 bits per heavy atom. The molecule has 0 aromatic carbocycles. The molecule has 8 nitrogen and oxygen atoms in total. The summed E-state index contributed by atoms with van der Waals surface area (Å²) in [6, 6.07) is 2.27. The molecule has 2 N–H and O–H groups in total. The number of furan rings is 1. The summed E-state index contributed by atoms with van der Waals surface area (Å²) >= 11 is 0. The van der Waals surface area contributed by atoms with Crippen molar-refractivity contribution in [2.45, 2.75) is 24.0 Å². The molecule has 20 heavy (non-hydrogen) atoms. The van der Waals surface area contributed by atoms with Crippen LogP contribution in [0, 0.1) is 0 Å². The summed E-state index contributed by atoms with van der Waals surface area (Å²) in [6.45, 7) is -0.432. The van der Waals surface area contributed by atoms with Gasteiger partial charge in [-0.2, -0.15) is 0 Å². The molecular formula is C11H14N2O6S. The SMILES string of the molecule is CNS(=O)(=O)c1ccc(C(=O)N(CC(=O)O)C2CC2)o1. The highest BCUT2D eigenvalue weighted by Gasteiger charge is 2.36. The number of carboxylic acids is 1. The molecule has 1 aromatic rings. The minimum atomic E-state index is -3.77. The Kier molecular flexibility index (Phi) is 3.82. The van der Waals surface area contributed by atoms with Crippen LogP contribution in [0.5, 0.6) is 0 Å². The molecule has 0 saturated heterocycles. The first-order valence-electron chi connectivity index (χ1n) is 5.91. The largest absolute Gasteiger partial charge is 0.480 e. The van der Waals surface area contributed by atoms with Crippen LogP contribution >= 0.6 is 0 Å². The fraction of sp³-hybridized carbons (Fsp3) is 0.455. The van der Waals surface area contributed by atoms with Crippen molar-refractivity contribution in [2.24, 2.45) is 0 Å². The third-order valence-electron chi connectivity index (χ3n) is 2.88. The van der Waals surface area contributed by atoms with Crippen LogP contribution in [0.4, 0.5) is 0 Å². The highest BCUT2D eigenvalue weighted by molar-refractivity contribution is 7.89. The number of nitrogens with zero attached hydrogens (tertiary/aromatic N) is 1. The van der Waals surface area contributed by atoms with Crippen molar-refractivity contribution in [3.8, 4) is 0 Å². The minimum absolute atomic E-state index is 0.118. The van der Waals surface area contributed by atoms with Gasteiger partial charge in [-0.15, -0.1) is 0 Å². The van der Waals surface area contributed by atoms with Crippen molar-refractivity contribution in [2.75, 3.05) is 13.6 Å². The van der Waals surface area contributed by atoms with Crippen LogP contribution in [-0.2, 0) is 14.8 Å². The van der Waals surface area contributed by atoms with Gasteiger partial charge in [-0.05, 0) is 32.0 Å². The number of hydrogen-bond acceptors (Lipinski definition) is 5. The fourth-order valence-electron chi connectivity index (χ4n) is 1.72. The van der Waals surface area contributed by atoms with Crippen molar-refractivity contribution in [1.29, 1.82) is 0 Å². The number of rotatable bonds is 6. The number of hydrogen-bond donors (Lipinski definition) is 2. The van der Waals surface area contributed by atoms with Crippen LogP contribution in [0.3, 0.4) is 0 Å². The van der Waals surface area contributed by atoms with Gasteiger partial charge in [0.05, 0.1) is 0 Å². The lowest BCUT2D eigenvalue weighted by atomic mass is 10.3. The van der Waals surface area contributed by atoms with Gasteiger partial charge in [0.1, 0.15) is 6.54 Å². The Bertz CT molecular complexity index is 631. The second kappa shape index (κ2) is 5.25. The van der Waals surface area contributed by atoms with Crippen molar-refractivity contribution < 1.29 is 27.5 Å². The van der Waals surface area contributed by atoms with Gasteiger partial charge in [-0.3, -0.25) is 9.59 Å². The zero-order valence-corrected chi connectivity index (χ0v) is 11.5. The molecule has 1 aliphatic carbocycles. The molecule has 110 valence electrons. The maximum absolute atomic E-state index is 12.1. The van der Waals surface area contributed by atoms with Gasteiger partial charge in [0, 0.05) is 6.04 Å². The molecule has 0 bridgehead atoms. The lowest BCUT2D eigenvalue weighted by molar-refractivity contribution is -0.137. The summed E-state index contributed by atoms with van der Waals surface area (Å²) in [7, 11) is -2.55. The van der Waals surface area contributed by atoms with E-state index in [9.17, 15) is 18.0 Å². The predicted molar refractivity (Wildman–Crippen MR) is 66.6 cm³/mol. The van der Waals surface area contributed by atoms with Gasteiger partial charge < -0.3 is 14.4 Å². The number of amides is 1. The van der Waals surface area contributed by atoms with Gasteiger partial charge in [-0.1, -0.05) is 0 Å². The average Bonchev–Trinajstić information content (AvgIpc) is 3.10. The third-order valence-corrected chi connectivity index (χ3v) is 4.17. The predicted octanol–water partition coefficient (Wildman–Crippen LogP) is -0.123. The molecule has 9 heteroatoms. The summed E-state index contributed by atoms with van der Waals surface area (Å²) in [6.07, 6.45) is 1.47. The Labute approximate surface area is 115 Å². The monoisotopic (exact) mass is 302 g/mol. The molecule has 0 unspecified atom stereocenters. The van der Waals surface area contributed by atoms with Gasteiger partial charge in [0.15, 0.2) is 5.76 Å². The van der Waals surface area contributed by atoms with E-state index in [1.165, 1.54) is 18.0 Å². The smallest absolute Gasteiger partial charge is 0.323 e. The third kappa shape index (κ3) is 2.99. The van der Waals surface area contributed by atoms with E-state index in [2.05, 4.69) is 4.72 Å². The molecule has 0 spiro atoms. The number of carboxylic acid groups (broad SMARTS) is 1. The van der Waals surface area contributed by atoms with E-state index in [0.29, 0.717) is 0 Å². The first-order valence-corrected chi connectivity index (χ1v) is 7.39. The first-order chi connectivity index (χ1) is 9.35. The van der Waals surface area contributed by atoms with Gasteiger partial charge in [-0.25, -0.2) is 13.1 Å². The van der Waals surface area contributed by atoms with Gasteiger partial charge in [0.25, 0.3) is 15.9 Å². The van der Waals surface area contributed by atoms with Crippen molar-refractivity contribution >= 4 is 21.9 Å². The molecular weight excluding hydrogens is 288 g/mol. The molecule has 1 amide bonds. The molecule has 0 atom stereocenters. The molecule has 1 saturated carbocycles. The number of carbonyl (C=O) groups is 2. The Morgan fingerprint density at radius 1 is 1.45 bits per heavy atom. The normalized spacial score (nSPS) is 15.1. The van der Waals surface area contributed by atoms with Crippen molar-refractivity contribution in [1.82, 2.24) is 9.62 Å². The summed E-state index contributed by atoms with van der Waals surface area (Å²) in [5.41, 5.74) is 0. The number of carbonyl (C=O) groups excluding carboxylic acids is 1. The van der Waals surface area contributed by atoms with Crippen LogP contribution in [0.25, 0.3) is 0 Å². The molecule has 0 radical (unpaired) electrons. The quantitative estimate of drug-likeness (QED) is 0.756. The van der Waals surface area contributed by atoms with Gasteiger partial charge in [0.2, 0.25) is 5.09 Å². The minimum Gasteiger partial charge on any atom is -0.480 e. The fourth-order valence-corrected chi connectivity index (χ4v) is 2.37. The van der Waals surface area contributed by atoms with Crippen LogP contribution in [0.15, 0.2) is 21.6 Å². The Balaban J connectivity index is 2.22. The summed E-state index contributed by atoms with van der Waals surface area (Å²) in [4.78, 5) is 24.1. The average molecular weight is 302 g/mol. The molecule has 1 fully saturated rings. The maximum atomic E-state index is 12.1. The molecule has 1 aliphatic rings. The second-order valence-corrected chi connectivity index (χ2v) is 6.20. The van der Waals surface area contributed by atoms with Crippen molar-refractivity contribution in [3.05, 3.63) is 17.9 Å². The van der Waals surface area contributed by atoms with Crippen LogP contribution in [0.2, 0.25) is 0 Å². The Hall–Kier alpha value is -1.87. The van der Waals surface area contributed by atoms with Crippen LogP contribution < -0.4 is 4.72 Å². The van der Waals surface area contributed by atoms with E-state index >= 15 is 0 Å². The zero-order chi connectivity index (χ0) is 14.9. The van der Waals surface area contributed by atoms with Crippen LogP contribution in [0.1, 0.15) is 23.4 Å². The standard InChI is InChI=1S/C11H14N2O6S/c1-12-20(17,18)10-5-4-8(19-10)11(16)13(6-9(14)15)7-2-3-7/h4-5,7,12H,2-3,6H2,1H3,(H,14,15). The van der Waals surface area contributed by atoms with E-state index in [0.717, 1.165) is 18.9 Å². The molecule has 1 aromatic heterocycles. The number of sulfonamides is 1. The second-order valence-electron chi connectivity index (χ2n) is 4.38. The summed E-state index contributed by atoms with van der Waals surface area (Å²) in [5, 5.41) is 8.42. The lowest BCUT2D eigenvalue weighted by Crippen LogP contribution is -2.37. The summed E-state index contributed by atoms with van der Waals surface area (Å²) in [5.74, 6) is -1.93.